The average Bonchev–Trinajstić information content (AvgIpc) is 3.12. The third-order valence-corrected chi connectivity index (χ3v) is 6.29. The predicted octanol–water partition coefficient (Wildman–Crippen LogP) is 3.95. The molecule has 4 aromatic rings. The van der Waals surface area contributed by atoms with E-state index in [1.54, 1.807) is 41.9 Å². The van der Waals surface area contributed by atoms with Crippen molar-refractivity contribution < 1.29 is 23.8 Å². The van der Waals surface area contributed by atoms with E-state index in [1.807, 2.05) is 12.1 Å². The molecule has 0 saturated carbocycles. The highest BCUT2D eigenvalue weighted by molar-refractivity contribution is 6.33. The second-order valence-corrected chi connectivity index (χ2v) is 8.58. The zero-order chi connectivity index (χ0) is 26.0. The van der Waals surface area contributed by atoms with Crippen molar-refractivity contribution in [2.75, 3.05) is 7.11 Å². The molecule has 4 rings (SSSR count). The summed E-state index contributed by atoms with van der Waals surface area (Å²) in [6.07, 6.45) is 0.380. The number of carboxylic acid groups (broad SMARTS) is 1. The van der Waals surface area contributed by atoms with E-state index in [0.717, 1.165) is 17.1 Å². The first-order chi connectivity index (χ1) is 17.2. The van der Waals surface area contributed by atoms with E-state index >= 15 is 0 Å². The van der Waals surface area contributed by atoms with Gasteiger partial charge in [0.15, 0.2) is 0 Å². The smallest absolute Gasteiger partial charge is 0.333 e. The molecule has 0 spiro atoms. The van der Waals surface area contributed by atoms with Crippen molar-refractivity contribution in [1.29, 1.82) is 0 Å². The van der Waals surface area contributed by atoms with Gasteiger partial charge in [0, 0.05) is 7.05 Å². The van der Waals surface area contributed by atoms with Gasteiger partial charge in [-0.15, -0.1) is 0 Å². The quantitative estimate of drug-likeness (QED) is 0.373. The van der Waals surface area contributed by atoms with E-state index in [1.165, 1.54) is 23.8 Å². The van der Waals surface area contributed by atoms with E-state index < -0.39 is 29.3 Å². The molecule has 0 radical (unpaired) electrons. The minimum absolute atomic E-state index is 0.0640. The summed E-state index contributed by atoms with van der Waals surface area (Å²) in [6.45, 7) is 0. The summed E-state index contributed by atoms with van der Waals surface area (Å²) in [5.74, 6) is -2.42. The summed E-state index contributed by atoms with van der Waals surface area (Å²) in [5.41, 5.74) is 2.15. The van der Waals surface area contributed by atoms with Gasteiger partial charge in [0.05, 0.1) is 28.9 Å². The van der Waals surface area contributed by atoms with Gasteiger partial charge in [-0.1, -0.05) is 35.9 Å². The molecule has 8 nitrogen and oxygen atoms in total. The second-order valence-electron chi connectivity index (χ2n) is 8.17. The lowest BCUT2D eigenvalue weighted by atomic mass is 10.0. The van der Waals surface area contributed by atoms with Crippen LogP contribution in [0.2, 0.25) is 5.02 Å². The first kappa shape index (κ1) is 25.0. The highest BCUT2D eigenvalue weighted by atomic mass is 35.5. The molecule has 36 heavy (non-hydrogen) atoms. The van der Waals surface area contributed by atoms with Gasteiger partial charge in [-0.3, -0.25) is 13.9 Å². The lowest BCUT2D eigenvalue weighted by Gasteiger charge is -2.15. The number of nitrogens with zero attached hydrogens (tertiary/aromatic N) is 2. The average molecular weight is 512 g/mol. The molecule has 0 unspecified atom stereocenters. The maximum atomic E-state index is 14.0. The number of amides is 1. The second kappa shape index (κ2) is 10.2. The standard InChI is InChI=1S/C26H23ClFN3O5/c1-30-20-7-4-8-21(36-2)23(20)31(26(30)35)16-12-9-15(10-13-16)11-14-19(25(33)34)29-24(32)22-17(27)5-3-6-18(22)28/h3-10,12-13,19H,11,14H2,1-2H3,(H,29,32)(H,33,34)/t19-/m0/s1. The first-order valence-corrected chi connectivity index (χ1v) is 11.4. The number of methoxy groups -OCH3 is 1. The zero-order valence-electron chi connectivity index (χ0n) is 19.5. The van der Waals surface area contributed by atoms with Gasteiger partial charge in [0.2, 0.25) is 0 Å². The van der Waals surface area contributed by atoms with Gasteiger partial charge in [-0.05, 0) is 54.8 Å². The Labute approximate surface area is 210 Å². The molecular formula is C26H23ClFN3O5. The molecule has 10 heteroatoms. The molecule has 1 aromatic heterocycles. The molecular weight excluding hydrogens is 489 g/mol. The van der Waals surface area contributed by atoms with Crippen molar-refractivity contribution in [2.24, 2.45) is 7.05 Å². The molecule has 0 fully saturated rings. The third kappa shape index (κ3) is 4.70. The summed E-state index contributed by atoms with van der Waals surface area (Å²) >= 11 is 5.91. The molecule has 1 atom stereocenters. The third-order valence-electron chi connectivity index (χ3n) is 5.97. The van der Waals surface area contributed by atoms with Gasteiger partial charge in [-0.25, -0.2) is 14.0 Å². The van der Waals surface area contributed by atoms with E-state index in [9.17, 15) is 23.9 Å². The number of ether oxygens (including phenoxy) is 1. The fraction of sp³-hybridized carbons (Fsp3) is 0.192. The maximum absolute atomic E-state index is 14.0. The number of imidazole rings is 1. The summed E-state index contributed by atoms with van der Waals surface area (Å²) < 4.78 is 22.6. The molecule has 3 aromatic carbocycles. The number of aryl methyl sites for hydroxylation is 2. The van der Waals surface area contributed by atoms with Crippen LogP contribution in [0, 0.1) is 5.82 Å². The number of hydrogen-bond acceptors (Lipinski definition) is 4. The van der Waals surface area contributed by atoms with Crippen molar-refractivity contribution in [3.63, 3.8) is 0 Å². The lowest BCUT2D eigenvalue weighted by Crippen LogP contribution is -2.41. The number of benzene rings is 3. The molecule has 0 bridgehead atoms. The number of nitrogens with one attached hydrogen (secondary N) is 1. The highest BCUT2D eigenvalue weighted by Gasteiger charge is 2.24. The van der Waals surface area contributed by atoms with Crippen LogP contribution in [0.15, 0.2) is 65.5 Å². The Hall–Kier alpha value is -4.11. The van der Waals surface area contributed by atoms with Crippen LogP contribution in [0.4, 0.5) is 4.39 Å². The fourth-order valence-electron chi connectivity index (χ4n) is 4.08. The molecule has 1 heterocycles. The number of para-hydroxylation sites is 1. The van der Waals surface area contributed by atoms with Gasteiger partial charge < -0.3 is 15.2 Å². The molecule has 0 saturated heterocycles. The van der Waals surface area contributed by atoms with Crippen LogP contribution in [-0.4, -0.2) is 39.3 Å². The number of fused-ring (bicyclic) bond motifs is 1. The summed E-state index contributed by atoms with van der Waals surface area (Å²) in [4.78, 5) is 37.1. The minimum Gasteiger partial charge on any atom is -0.494 e. The van der Waals surface area contributed by atoms with Crippen molar-refractivity contribution >= 4 is 34.5 Å². The minimum atomic E-state index is -1.25. The Morgan fingerprint density at radius 3 is 2.44 bits per heavy atom. The molecule has 0 aliphatic rings. The van der Waals surface area contributed by atoms with Gasteiger partial charge in [0.25, 0.3) is 5.91 Å². The summed E-state index contributed by atoms with van der Waals surface area (Å²) in [7, 11) is 3.22. The number of halogens is 2. The van der Waals surface area contributed by atoms with Crippen LogP contribution in [0.3, 0.4) is 0 Å². The Morgan fingerprint density at radius 2 is 1.81 bits per heavy atom. The van der Waals surface area contributed by atoms with Crippen molar-refractivity contribution in [3.8, 4) is 11.4 Å². The summed E-state index contributed by atoms with van der Waals surface area (Å²) in [5, 5.41) is 11.8. The SMILES string of the molecule is COc1cccc2c1n(-c1ccc(CC[C@H](NC(=O)c3c(F)cccc3Cl)C(=O)O)cc1)c(=O)n2C. The number of carbonyl (C=O) groups is 2. The van der Waals surface area contributed by atoms with E-state index in [-0.39, 0.29) is 17.1 Å². The van der Waals surface area contributed by atoms with Gasteiger partial charge in [0.1, 0.15) is 23.1 Å². The van der Waals surface area contributed by atoms with Crippen molar-refractivity contribution in [3.05, 3.63) is 93.1 Å². The van der Waals surface area contributed by atoms with Gasteiger partial charge in [-0.2, -0.15) is 0 Å². The molecule has 1 amide bonds. The summed E-state index contributed by atoms with van der Waals surface area (Å²) in [6, 6.07) is 15.0. The first-order valence-electron chi connectivity index (χ1n) is 11.0. The maximum Gasteiger partial charge on any atom is 0.333 e. The fourth-order valence-corrected chi connectivity index (χ4v) is 4.33. The topological polar surface area (TPSA) is 103 Å². The molecule has 186 valence electrons. The van der Waals surface area contributed by atoms with Crippen molar-refractivity contribution in [2.45, 2.75) is 18.9 Å². The van der Waals surface area contributed by atoms with Crippen LogP contribution in [0.25, 0.3) is 16.7 Å². The zero-order valence-corrected chi connectivity index (χ0v) is 20.3. The number of rotatable bonds is 8. The Kier molecular flexibility index (Phi) is 7.12. The van der Waals surface area contributed by atoms with E-state index in [2.05, 4.69) is 5.32 Å². The normalized spacial score (nSPS) is 11.9. The molecule has 0 aliphatic heterocycles. The number of hydrogen-bond donors (Lipinski definition) is 2. The largest absolute Gasteiger partial charge is 0.494 e. The molecule has 2 N–H and O–H groups in total. The van der Waals surface area contributed by atoms with Crippen LogP contribution < -0.4 is 15.7 Å². The van der Waals surface area contributed by atoms with Crippen LogP contribution in [0.1, 0.15) is 22.3 Å². The van der Waals surface area contributed by atoms with E-state index in [0.29, 0.717) is 23.4 Å². The van der Waals surface area contributed by atoms with Crippen LogP contribution in [-0.2, 0) is 18.3 Å². The monoisotopic (exact) mass is 511 g/mol. The van der Waals surface area contributed by atoms with E-state index in [4.69, 9.17) is 16.3 Å². The molecule has 0 aliphatic carbocycles. The Morgan fingerprint density at radius 1 is 1.11 bits per heavy atom. The number of aliphatic carboxylic acids is 1. The highest BCUT2D eigenvalue weighted by Crippen LogP contribution is 2.27. The Bertz CT molecular complexity index is 1490. The van der Waals surface area contributed by atoms with Crippen LogP contribution in [0.5, 0.6) is 5.75 Å². The number of carboxylic acids is 1. The van der Waals surface area contributed by atoms with Crippen LogP contribution >= 0.6 is 11.6 Å². The van der Waals surface area contributed by atoms with Gasteiger partial charge >= 0.3 is 11.7 Å². The number of aromatic nitrogens is 2. The van der Waals surface area contributed by atoms with Crippen molar-refractivity contribution in [1.82, 2.24) is 14.5 Å². The predicted molar refractivity (Wildman–Crippen MR) is 134 cm³/mol. The number of carbonyl (C=O) groups excluding carboxylic acids is 1. The lowest BCUT2D eigenvalue weighted by molar-refractivity contribution is -0.139. The Balaban J connectivity index is 1.53.